The summed E-state index contributed by atoms with van der Waals surface area (Å²) in [4.78, 5) is 19.1. The van der Waals surface area contributed by atoms with Crippen molar-refractivity contribution >= 4 is 5.91 Å². The van der Waals surface area contributed by atoms with E-state index in [0.717, 1.165) is 18.2 Å². The first-order chi connectivity index (χ1) is 11.7. The second-order valence-corrected chi connectivity index (χ2v) is 7.40. The molecule has 2 fully saturated rings. The molecule has 3 rings (SSSR count). The predicted molar refractivity (Wildman–Crippen MR) is 96.9 cm³/mol. The van der Waals surface area contributed by atoms with E-state index in [0.29, 0.717) is 12.5 Å². The lowest BCUT2D eigenvalue weighted by molar-refractivity contribution is -0.120. The van der Waals surface area contributed by atoms with Crippen molar-refractivity contribution in [1.29, 1.82) is 0 Å². The van der Waals surface area contributed by atoms with Gasteiger partial charge in [-0.05, 0) is 63.3 Å². The van der Waals surface area contributed by atoms with E-state index in [4.69, 9.17) is 4.98 Å². The van der Waals surface area contributed by atoms with Crippen LogP contribution in [-0.4, -0.2) is 35.4 Å². The molecule has 0 spiro atoms. The molecule has 24 heavy (non-hydrogen) atoms. The van der Waals surface area contributed by atoms with E-state index in [2.05, 4.69) is 29.3 Å². The smallest absolute Gasteiger partial charge is 0.220 e. The fourth-order valence-electron chi connectivity index (χ4n) is 4.42. The van der Waals surface area contributed by atoms with Crippen LogP contribution in [0.1, 0.15) is 74.4 Å². The molecule has 1 N–H and O–H groups in total. The van der Waals surface area contributed by atoms with Gasteiger partial charge in [-0.25, -0.2) is 0 Å². The number of nitrogens with one attached hydrogen (secondary N) is 1. The lowest BCUT2D eigenvalue weighted by atomic mass is 9.93. The molecule has 0 radical (unpaired) electrons. The molecule has 1 amide bonds. The van der Waals surface area contributed by atoms with Crippen LogP contribution in [0.2, 0.25) is 0 Å². The SMILES string of the molecule is CNC(=O)CCc1cc(C)nc([C@H]2CCCN2C2CCCCC2)c1. The van der Waals surface area contributed by atoms with Crippen LogP contribution in [0.25, 0.3) is 0 Å². The first-order valence-electron chi connectivity index (χ1n) is 9.61. The molecule has 132 valence electrons. The highest BCUT2D eigenvalue weighted by Crippen LogP contribution is 2.37. The molecule has 1 aliphatic heterocycles. The third-order valence-electron chi connectivity index (χ3n) is 5.63. The molecular formula is C20H31N3O. The van der Waals surface area contributed by atoms with Crippen molar-refractivity contribution in [2.45, 2.75) is 76.8 Å². The molecule has 1 saturated heterocycles. The van der Waals surface area contributed by atoms with Crippen LogP contribution in [-0.2, 0) is 11.2 Å². The van der Waals surface area contributed by atoms with Gasteiger partial charge in [0.2, 0.25) is 5.91 Å². The van der Waals surface area contributed by atoms with Crippen LogP contribution in [0.3, 0.4) is 0 Å². The minimum Gasteiger partial charge on any atom is -0.359 e. The van der Waals surface area contributed by atoms with Crippen molar-refractivity contribution < 1.29 is 4.79 Å². The van der Waals surface area contributed by atoms with Gasteiger partial charge < -0.3 is 5.32 Å². The Morgan fingerprint density at radius 2 is 2.00 bits per heavy atom. The van der Waals surface area contributed by atoms with Crippen molar-refractivity contribution in [2.24, 2.45) is 0 Å². The topological polar surface area (TPSA) is 45.2 Å². The Bertz CT molecular complexity index is 566. The summed E-state index contributed by atoms with van der Waals surface area (Å²) in [5.41, 5.74) is 3.55. The first-order valence-corrected chi connectivity index (χ1v) is 9.61. The highest BCUT2D eigenvalue weighted by molar-refractivity contribution is 5.75. The van der Waals surface area contributed by atoms with Gasteiger partial charge in [0.25, 0.3) is 0 Å². The Hall–Kier alpha value is -1.42. The van der Waals surface area contributed by atoms with Crippen molar-refractivity contribution in [3.8, 4) is 0 Å². The maximum Gasteiger partial charge on any atom is 0.220 e. The molecule has 1 atom stereocenters. The summed E-state index contributed by atoms with van der Waals surface area (Å²) in [5, 5.41) is 2.71. The van der Waals surface area contributed by atoms with Crippen LogP contribution in [0, 0.1) is 6.92 Å². The van der Waals surface area contributed by atoms with E-state index < -0.39 is 0 Å². The number of rotatable bonds is 5. The highest BCUT2D eigenvalue weighted by Gasteiger charge is 2.33. The number of pyridine rings is 1. The quantitative estimate of drug-likeness (QED) is 0.899. The summed E-state index contributed by atoms with van der Waals surface area (Å²) >= 11 is 0. The van der Waals surface area contributed by atoms with Crippen LogP contribution in [0.4, 0.5) is 0 Å². The monoisotopic (exact) mass is 329 g/mol. The van der Waals surface area contributed by atoms with Gasteiger partial charge in [0.15, 0.2) is 0 Å². The van der Waals surface area contributed by atoms with E-state index in [1.807, 2.05) is 0 Å². The van der Waals surface area contributed by atoms with Gasteiger partial charge >= 0.3 is 0 Å². The highest BCUT2D eigenvalue weighted by atomic mass is 16.1. The number of likely N-dealkylation sites (tertiary alicyclic amines) is 1. The number of nitrogens with zero attached hydrogens (tertiary/aromatic N) is 2. The van der Waals surface area contributed by atoms with E-state index >= 15 is 0 Å². The summed E-state index contributed by atoms with van der Waals surface area (Å²) in [7, 11) is 1.70. The minimum absolute atomic E-state index is 0.107. The van der Waals surface area contributed by atoms with Crippen LogP contribution in [0.15, 0.2) is 12.1 Å². The zero-order valence-corrected chi connectivity index (χ0v) is 15.2. The summed E-state index contributed by atoms with van der Waals surface area (Å²) in [6, 6.07) is 5.61. The van der Waals surface area contributed by atoms with Crippen LogP contribution < -0.4 is 5.32 Å². The molecule has 1 aromatic heterocycles. The largest absolute Gasteiger partial charge is 0.359 e. The third-order valence-corrected chi connectivity index (χ3v) is 5.63. The van der Waals surface area contributed by atoms with Gasteiger partial charge in [-0.1, -0.05) is 19.3 Å². The molecule has 2 heterocycles. The maximum atomic E-state index is 11.5. The van der Waals surface area contributed by atoms with Gasteiger partial charge in [-0.2, -0.15) is 0 Å². The van der Waals surface area contributed by atoms with Crippen LogP contribution in [0.5, 0.6) is 0 Å². The van der Waals surface area contributed by atoms with Gasteiger partial charge in [0.05, 0.1) is 11.7 Å². The molecular weight excluding hydrogens is 298 g/mol. The normalized spacial score (nSPS) is 22.7. The summed E-state index contributed by atoms with van der Waals surface area (Å²) in [5.74, 6) is 0.107. The molecule has 2 aliphatic rings. The second-order valence-electron chi connectivity index (χ2n) is 7.40. The van der Waals surface area contributed by atoms with Crippen molar-refractivity contribution in [3.63, 3.8) is 0 Å². The fraction of sp³-hybridized carbons (Fsp3) is 0.700. The van der Waals surface area contributed by atoms with Gasteiger partial charge in [0, 0.05) is 25.2 Å². The van der Waals surface area contributed by atoms with Gasteiger partial charge in [0.1, 0.15) is 0 Å². The van der Waals surface area contributed by atoms with Gasteiger partial charge in [-0.3, -0.25) is 14.7 Å². The van der Waals surface area contributed by atoms with E-state index in [1.54, 1.807) is 7.05 Å². The zero-order chi connectivity index (χ0) is 16.9. The number of aryl methyl sites for hydroxylation is 2. The summed E-state index contributed by atoms with van der Waals surface area (Å²) in [6.45, 7) is 3.30. The third kappa shape index (κ3) is 4.15. The molecule has 0 unspecified atom stereocenters. The number of carbonyl (C=O) groups is 1. The number of aromatic nitrogens is 1. The molecule has 1 aromatic rings. The zero-order valence-electron chi connectivity index (χ0n) is 15.2. The van der Waals surface area contributed by atoms with Crippen molar-refractivity contribution in [1.82, 2.24) is 15.2 Å². The van der Waals surface area contributed by atoms with Crippen molar-refractivity contribution in [2.75, 3.05) is 13.6 Å². The number of hydrogen-bond donors (Lipinski definition) is 1. The standard InChI is InChI=1S/C20H31N3O/c1-15-13-16(10-11-20(24)21-2)14-18(22-15)19-9-6-12-23(19)17-7-4-3-5-8-17/h13-14,17,19H,3-12H2,1-2H3,(H,21,24)/t19-/m1/s1. The average Bonchev–Trinajstić information content (AvgIpc) is 3.09. The Kier molecular flexibility index (Phi) is 5.88. The lowest BCUT2D eigenvalue weighted by Crippen LogP contribution is -2.36. The molecule has 4 nitrogen and oxygen atoms in total. The molecule has 4 heteroatoms. The van der Waals surface area contributed by atoms with Gasteiger partial charge in [-0.15, -0.1) is 0 Å². The van der Waals surface area contributed by atoms with Crippen molar-refractivity contribution in [3.05, 3.63) is 29.1 Å². The lowest BCUT2D eigenvalue weighted by Gasteiger charge is -2.35. The Morgan fingerprint density at radius 3 is 2.75 bits per heavy atom. The average molecular weight is 329 g/mol. The summed E-state index contributed by atoms with van der Waals surface area (Å²) < 4.78 is 0. The molecule has 1 saturated carbocycles. The summed E-state index contributed by atoms with van der Waals surface area (Å²) in [6.07, 6.45) is 10.7. The van der Waals surface area contributed by atoms with E-state index in [9.17, 15) is 4.79 Å². The first kappa shape index (κ1) is 17.4. The van der Waals surface area contributed by atoms with E-state index in [1.165, 1.54) is 62.7 Å². The minimum atomic E-state index is 0.107. The maximum absolute atomic E-state index is 11.5. The Balaban J connectivity index is 1.74. The van der Waals surface area contributed by atoms with E-state index in [-0.39, 0.29) is 5.91 Å². The number of amides is 1. The molecule has 0 bridgehead atoms. The predicted octanol–water partition coefficient (Wildman–Crippen LogP) is 3.54. The Labute approximate surface area is 146 Å². The molecule has 1 aliphatic carbocycles. The van der Waals surface area contributed by atoms with Crippen LogP contribution >= 0.6 is 0 Å². The fourth-order valence-corrected chi connectivity index (χ4v) is 4.42. The number of carbonyl (C=O) groups excluding carboxylic acids is 1. The number of hydrogen-bond acceptors (Lipinski definition) is 3. The second kappa shape index (κ2) is 8.11. The Morgan fingerprint density at radius 1 is 1.21 bits per heavy atom. The molecule has 0 aromatic carbocycles.